The molecule has 3 aliphatic rings. The first kappa shape index (κ1) is 42.2. The molecule has 68 heavy (non-hydrogen) atoms. The SMILES string of the molecule is Cc1ccc(N(c2ccc3c(c2)C(c2ccc(C(C)(C)C)cc2)(c2ccc(C(C)(C)C)cc2)c2ccccc2-3)c2ccc3c(c2)C2(c4ccccc4-3)c3cc(C)ccc3-c3ccc(C)cc32)cc1. The molecule has 0 atom stereocenters. The average Bonchev–Trinajstić information content (AvgIpc) is 3.91. The van der Waals surface area contributed by atoms with Gasteiger partial charge in [0.15, 0.2) is 0 Å². The van der Waals surface area contributed by atoms with Gasteiger partial charge in [0.25, 0.3) is 0 Å². The van der Waals surface area contributed by atoms with E-state index in [2.05, 4.69) is 261 Å². The average molecular weight is 878 g/mol. The molecule has 0 saturated heterocycles. The zero-order valence-electron chi connectivity index (χ0n) is 40.9. The Morgan fingerprint density at radius 1 is 0.294 bits per heavy atom. The molecule has 0 bridgehead atoms. The molecule has 1 nitrogen and oxygen atoms in total. The third kappa shape index (κ3) is 6.00. The van der Waals surface area contributed by atoms with Crippen molar-refractivity contribution in [3.63, 3.8) is 0 Å². The van der Waals surface area contributed by atoms with Crippen LogP contribution in [0.1, 0.15) is 114 Å². The van der Waals surface area contributed by atoms with E-state index in [9.17, 15) is 0 Å². The zero-order chi connectivity index (χ0) is 46.9. The van der Waals surface area contributed by atoms with Crippen molar-refractivity contribution in [2.24, 2.45) is 0 Å². The molecule has 0 aliphatic heterocycles. The molecule has 9 aromatic carbocycles. The summed E-state index contributed by atoms with van der Waals surface area (Å²) in [5.41, 5.74) is 27.4. The number of nitrogens with zero attached hydrogens (tertiary/aromatic N) is 1. The van der Waals surface area contributed by atoms with Gasteiger partial charge in [0.2, 0.25) is 0 Å². The summed E-state index contributed by atoms with van der Waals surface area (Å²) in [7, 11) is 0. The predicted octanol–water partition coefficient (Wildman–Crippen LogP) is 17.4. The maximum absolute atomic E-state index is 2.53. The van der Waals surface area contributed by atoms with Gasteiger partial charge in [-0.05, 0) is 157 Å². The highest BCUT2D eigenvalue weighted by Gasteiger charge is 2.52. The fraction of sp³-hybridized carbons (Fsp3) is 0.194. The van der Waals surface area contributed by atoms with Gasteiger partial charge in [-0.15, -0.1) is 0 Å². The van der Waals surface area contributed by atoms with Crippen LogP contribution in [-0.2, 0) is 21.7 Å². The summed E-state index contributed by atoms with van der Waals surface area (Å²) in [4.78, 5) is 2.51. The van der Waals surface area contributed by atoms with E-state index < -0.39 is 10.8 Å². The highest BCUT2D eigenvalue weighted by molar-refractivity contribution is 5.97. The summed E-state index contributed by atoms with van der Waals surface area (Å²) in [5.74, 6) is 0. The number of rotatable bonds is 5. The highest BCUT2D eigenvalue weighted by Crippen LogP contribution is 2.64. The second-order valence-electron chi connectivity index (χ2n) is 22.0. The van der Waals surface area contributed by atoms with Gasteiger partial charge in [0.05, 0.1) is 10.8 Å². The summed E-state index contributed by atoms with van der Waals surface area (Å²) in [5, 5.41) is 0. The minimum Gasteiger partial charge on any atom is -0.310 e. The third-order valence-electron chi connectivity index (χ3n) is 15.7. The Morgan fingerprint density at radius 2 is 0.632 bits per heavy atom. The van der Waals surface area contributed by atoms with Crippen LogP contribution < -0.4 is 4.90 Å². The fourth-order valence-electron chi connectivity index (χ4n) is 12.3. The van der Waals surface area contributed by atoms with Crippen LogP contribution in [0.5, 0.6) is 0 Å². The Morgan fingerprint density at radius 3 is 1.07 bits per heavy atom. The van der Waals surface area contributed by atoms with Crippen LogP contribution in [-0.4, -0.2) is 0 Å². The summed E-state index contributed by atoms with van der Waals surface area (Å²) in [6.07, 6.45) is 0. The van der Waals surface area contributed by atoms with E-state index in [1.165, 1.54) is 106 Å². The van der Waals surface area contributed by atoms with Gasteiger partial charge in [-0.3, -0.25) is 0 Å². The van der Waals surface area contributed by atoms with Gasteiger partial charge in [-0.1, -0.05) is 216 Å². The molecule has 9 aromatic rings. The van der Waals surface area contributed by atoms with Gasteiger partial charge in [-0.2, -0.15) is 0 Å². The Kier molecular flexibility index (Phi) is 9.23. The molecular weight excluding hydrogens is 819 g/mol. The molecule has 0 aromatic heterocycles. The summed E-state index contributed by atoms with van der Waals surface area (Å²) >= 11 is 0. The lowest BCUT2D eigenvalue weighted by Gasteiger charge is -2.36. The van der Waals surface area contributed by atoms with Gasteiger partial charge in [0.1, 0.15) is 0 Å². The lowest BCUT2D eigenvalue weighted by atomic mass is 9.67. The van der Waals surface area contributed by atoms with E-state index in [1.807, 2.05) is 0 Å². The summed E-state index contributed by atoms with van der Waals surface area (Å²) in [6.45, 7) is 20.5. The third-order valence-corrected chi connectivity index (χ3v) is 15.7. The first-order valence-corrected chi connectivity index (χ1v) is 24.5. The Bertz CT molecular complexity index is 3370. The Hall–Kier alpha value is -7.22. The first-order valence-electron chi connectivity index (χ1n) is 24.5. The number of anilines is 3. The van der Waals surface area contributed by atoms with Gasteiger partial charge in [-0.25, -0.2) is 0 Å². The van der Waals surface area contributed by atoms with Crippen molar-refractivity contribution < 1.29 is 0 Å². The molecule has 1 spiro atoms. The van der Waals surface area contributed by atoms with E-state index in [1.54, 1.807) is 0 Å². The number of hydrogen-bond donors (Lipinski definition) is 0. The number of aryl methyl sites for hydroxylation is 3. The monoisotopic (exact) mass is 877 g/mol. The van der Waals surface area contributed by atoms with Crippen LogP contribution in [0.4, 0.5) is 17.1 Å². The lowest BCUT2D eigenvalue weighted by Crippen LogP contribution is -2.29. The fourth-order valence-corrected chi connectivity index (χ4v) is 12.3. The van der Waals surface area contributed by atoms with Gasteiger partial charge < -0.3 is 4.90 Å². The van der Waals surface area contributed by atoms with Crippen LogP contribution in [0, 0.1) is 20.8 Å². The number of fused-ring (bicyclic) bond motifs is 13. The maximum Gasteiger partial charge on any atom is 0.0726 e. The molecule has 0 heterocycles. The predicted molar refractivity (Wildman–Crippen MR) is 286 cm³/mol. The van der Waals surface area contributed by atoms with Crippen LogP contribution in [0.25, 0.3) is 33.4 Å². The summed E-state index contributed by atoms with van der Waals surface area (Å²) in [6, 6.07) is 75.3. The normalized spacial score (nSPS) is 14.5. The molecule has 332 valence electrons. The minimum atomic E-state index is -0.565. The van der Waals surface area contributed by atoms with Crippen molar-refractivity contribution in [1.82, 2.24) is 0 Å². The molecule has 0 fully saturated rings. The zero-order valence-corrected chi connectivity index (χ0v) is 40.9. The lowest BCUT2D eigenvalue weighted by molar-refractivity contribution is 0.588. The first-order chi connectivity index (χ1) is 32.7. The van der Waals surface area contributed by atoms with E-state index in [0.29, 0.717) is 0 Å². The molecule has 0 unspecified atom stereocenters. The largest absolute Gasteiger partial charge is 0.310 e. The molecule has 12 rings (SSSR count). The van der Waals surface area contributed by atoms with Crippen LogP contribution in [0.3, 0.4) is 0 Å². The topological polar surface area (TPSA) is 3.24 Å². The highest BCUT2D eigenvalue weighted by atomic mass is 15.1. The Labute approximate surface area is 403 Å². The number of hydrogen-bond acceptors (Lipinski definition) is 1. The van der Waals surface area contributed by atoms with Crippen molar-refractivity contribution in [3.8, 4) is 33.4 Å². The van der Waals surface area contributed by atoms with Gasteiger partial charge in [0, 0.05) is 17.1 Å². The van der Waals surface area contributed by atoms with Gasteiger partial charge >= 0.3 is 0 Å². The van der Waals surface area contributed by atoms with Crippen LogP contribution >= 0.6 is 0 Å². The van der Waals surface area contributed by atoms with Crippen molar-refractivity contribution in [3.05, 3.63) is 266 Å². The molecule has 0 saturated carbocycles. The second kappa shape index (κ2) is 14.9. The van der Waals surface area contributed by atoms with E-state index >= 15 is 0 Å². The summed E-state index contributed by atoms with van der Waals surface area (Å²) < 4.78 is 0. The molecule has 3 aliphatic carbocycles. The van der Waals surface area contributed by atoms with Crippen molar-refractivity contribution >= 4 is 17.1 Å². The quantitative estimate of drug-likeness (QED) is 0.166. The maximum atomic E-state index is 2.53. The smallest absolute Gasteiger partial charge is 0.0726 e. The standard InChI is InChI=1S/C67H59N/c1-42-18-30-49(31-19-42)68(51-33-37-57-53-15-11-13-17-59(53)67(63(57)41-51)60-38-43(2)20-34-54(60)55-35-21-44(3)39-61(55)67)50-32-36-56-52-14-10-12-16-58(52)66(62(56)40-50,47-26-22-45(23-27-47)64(4,5)6)48-28-24-46(25-29-48)65(7,8)9/h10-41H,1-9H3. The molecule has 0 N–H and O–H groups in total. The Balaban J connectivity index is 1.13. The molecule has 0 amide bonds. The van der Waals surface area contributed by atoms with E-state index in [-0.39, 0.29) is 10.8 Å². The van der Waals surface area contributed by atoms with Crippen LogP contribution in [0.15, 0.2) is 194 Å². The molecular formula is C67H59N. The number of benzene rings is 9. The molecule has 0 radical (unpaired) electrons. The van der Waals surface area contributed by atoms with Crippen molar-refractivity contribution in [2.45, 2.75) is 84.0 Å². The van der Waals surface area contributed by atoms with Crippen molar-refractivity contribution in [2.75, 3.05) is 4.90 Å². The van der Waals surface area contributed by atoms with Crippen molar-refractivity contribution in [1.29, 1.82) is 0 Å². The van der Waals surface area contributed by atoms with E-state index in [0.717, 1.165) is 17.1 Å². The van der Waals surface area contributed by atoms with Crippen LogP contribution in [0.2, 0.25) is 0 Å². The molecule has 1 heteroatoms. The minimum absolute atomic E-state index is 0.0311. The second-order valence-corrected chi connectivity index (χ2v) is 22.0. The van der Waals surface area contributed by atoms with E-state index in [4.69, 9.17) is 0 Å².